The van der Waals surface area contributed by atoms with Gasteiger partial charge in [0.15, 0.2) is 0 Å². The van der Waals surface area contributed by atoms with E-state index in [9.17, 15) is 14.4 Å². The van der Waals surface area contributed by atoms with Crippen LogP contribution in [0.1, 0.15) is 26.3 Å². The van der Waals surface area contributed by atoms with Gasteiger partial charge in [-0.1, -0.05) is 23.7 Å². The maximum Gasteiger partial charge on any atom is 0.256 e. The smallest absolute Gasteiger partial charge is 0.256 e. The molecule has 1 aliphatic heterocycles. The molecule has 0 saturated carbocycles. The van der Waals surface area contributed by atoms with Gasteiger partial charge >= 0.3 is 0 Å². The number of nitrogens with one attached hydrogen (secondary N) is 1. The molecule has 24 heavy (non-hydrogen) atoms. The number of rotatable bonds is 3. The Morgan fingerprint density at radius 3 is 2.54 bits per heavy atom. The van der Waals surface area contributed by atoms with Gasteiger partial charge in [0.05, 0.1) is 11.3 Å². The first kappa shape index (κ1) is 16.0. The van der Waals surface area contributed by atoms with Gasteiger partial charge in [-0.2, -0.15) is 0 Å². The van der Waals surface area contributed by atoms with E-state index in [0.717, 1.165) is 5.56 Å². The SMILES string of the molecule is NC(=O)c1ccc(CN2CC(=O)Nc3cc(Cl)ccc3C2=O)cc1. The summed E-state index contributed by atoms with van der Waals surface area (Å²) in [4.78, 5) is 37.3. The molecule has 1 aliphatic rings. The first-order valence-corrected chi connectivity index (χ1v) is 7.59. The van der Waals surface area contributed by atoms with Crippen LogP contribution in [0.3, 0.4) is 0 Å². The minimum absolute atomic E-state index is 0.0668. The van der Waals surface area contributed by atoms with Crippen LogP contribution < -0.4 is 11.1 Å². The quantitative estimate of drug-likeness (QED) is 0.893. The molecule has 3 amide bonds. The average Bonchev–Trinajstić information content (AvgIpc) is 2.64. The van der Waals surface area contributed by atoms with E-state index in [0.29, 0.717) is 21.8 Å². The van der Waals surface area contributed by atoms with Crippen molar-refractivity contribution in [3.63, 3.8) is 0 Å². The first-order chi connectivity index (χ1) is 11.4. The zero-order valence-corrected chi connectivity index (χ0v) is 13.3. The number of halogens is 1. The Morgan fingerprint density at radius 1 is 1.17 bits per heavy atom. The summed E-state index contributed by atoms with van der Waals surface area (Å²) in [6, 6.07) is 11.3. The Labute approximate surface area is 143 Å². The van der Waals surface area contributed by atoms with Gasteiger partial charge in [0.2, 0.25) is 11.8 Å². The molecule has 1 heterocycles. The van der Waals surface area contributed by atoms with Gasteiger partial charge in [0.1, 0.15) is 6.54 Å². The highest BCUT2D eigenvalue weighted by Gasteiger charge is 2.26. The van der Waals surface area contributed by atoms with E-state index >= 15 is 0 Å². The number of nitrogens with zero attached hydrogens (tertiary/aromatic N) is 1. The third kappa shape index (κ3) is 3.23. The van der Waals surface area contributed by atoms with Crippen LogP contribution in [0, 0.1) is 0 Å². The Hall–Kier alpha value is -2.86. The highest BCUT2D eigenvalue weighted by Crippen LogP contribution is 2.25. The third-order valence-electron chi connectivity index (χ3n) is 3.72. The summed E-state index contributed by atoms with van der Waals surface area (Å²) in [7, 11) is 0. The van der Waals surface area contributed by atoms with Crippen LogP contribution in [0.4, 0.5) is 5.69 Å². The molecule has 0 fully saturated rings. The lowest BCUT2D eigenvalue weighted by Gasteiger charge is -2.19. The molecule has 3 N–H and O–H groups in total. The van der Waals surface area contributed by atoms with Gasteiger partial charge in [-0.15, -0.1) is 0 Å². The number of amides is 3. The number of hydrogen-bond donors (Lipinski definition) is 2. The van der Waals surface area contributed by atoms with E-state index in [1.165, 1.54) is 4.90 Å². The predicted molar refractivity (Wildman–Crippen MR) is 89.8 cm³/mol. The second kappa shape index (κ2) is 6.33. The molecular formula is C17H14ClN3O3. The van der Waals surface area contributed by atoms with E-state index < -0.39 is 5.91 Å². The average molecular weight is 344 g/mol. The standard InChI is InChI=1S/C17H14ClN3O3/c18-12-5-6-13-14(7-12)20-15(22)9-21(17(13)24)8-10-1-3-11(4-2-10)16(19)23/h1-7H,8-9H2,(H2,19,23)(H,20,22). The highest BCUT2D eigenvalue weighted by atomic mass is 35.5. The number of fused-ring (bicyclic) bond motifs is 1. The molecule has 0 atom stereocenters. The molecule has 0 aromatic heterocycles. The number of benzene rings is 2. The molecule has 0 unspecified atom stereocenters. The van der Waals surface area contributed by atoms with Crippen molar-refractivity contribution < 1.29 is 14.4 Å². The Kier molecular flexibility index (Phi) is 4.22. The lowest BCUT2D eigenvalue weighted by molar-refractivity contribution is -0.116. The first-order valence-electron chi connectivity index (χ1n) is 7.21. The summed E-state index contributed by atoms with van der Waals surface area (Å²) >= 11 is 5.92. The van der Waals surface area contributed by atoms with E-state index in [-0.39, 0.29) is 24.9 Å². The molecule has 0 aliphatic carbocycles. The summed E-state index contributed by atoms with van der Waals surface area (Å²) in [5.41, 5.74) is 7.18. The number of carbonyl (C=O) groups excluding carboxylic acids is 3. The topological polar surface area (TPSA) is 92.5 Å². The van der Waals surface area contributed by atoms with Crippen LogP contribution in [0.15, 0.2) is 42.5 Å². The Morgan fingerprint density at radius 2 is 1.88 bits per heavy atom. The van der Waals surface area contributed by atoms with Crippen LogP contribution in [-0.2, 0) is 11.3 Å². The van der Waals surface area contributed by atoms with Crippen LogP contribution in [0.2, 0.25) is 5.02 Å². The fourth-order valence-corrected chi connectivity index (χ4v) is 2.71. The van der Waals surface area contributed by atoms with Crippen molar-refractivity contribution in [3.8, 4) is 0 Å². The summed E-state index contributed by atoms with van der Waals surface area (Å²) in [5, 5.41) is 3.13. The largest absolute Gasteiger partial charge is 0.366 e. The number of anilines is 1. The van der Waals surface area contributed by atoms with E-state index in [2.05, 4.69) is 5.32 Å². The predicted octanol–water partition coefficient (Wildman–Crippen LogP) is 2.03. The van der Waals surface area contributed by atoms with Crippen molar-refractivity contribution in [1.82, 2.24) is 4.90 Å². The number of hydrogen-bond acceptors (Lipinski definition) is 3. The minimum Gasteiger partial charge on any atom is -0.366 e. The molecular weight excluding hydrogens is 330 g/mol. The maximum atomic E-state index is 12.7. The fourth-order valence-electron chi connectivity index (χ4n) is 2.53. The molecule has 0 spiro atoms. The van der Waals surface area contributed by atoms with Crippen molar-refractivity contribution in [1.29, 1.82) is 0 Å². The number of nitrogens with two attached hydrogens (primary N) is 1. The van der Waals surface area contributed by atoms with Crippen LogP contribution in [0.5, 0.6) is 0 Å². The normalized spacial score (nSPS) is 14.0. The molecule has 3 rings (SSSR count). The Balaban J connectivity index is 1.87. The molecule has 0 saturated heterocycles. The summed E-state index contributed by atoms with van der Waals surface area (Å²) in [6.07, 6.45) is 0. The van der Waals surface area contributed by atoms with E-state index in [1.807, 2.05) is 0 Å². The van der Waals surface area contributed by atoms with Gasteiger partial charge < -0.3 is 16.0 Å². The number of primary amides is 1. The van der Waals surface area contributed by atoms with Crippen LogP contribution in [-0.4, -0.2) is 29.2 Å². The molecule has 2 aromatic rings. The summed E-state index contributed by atoms with van der Waals surface area (Å²) in [6.45, 7) is 0.177. The zero-order chi connectivity index (χ0) is 17.3. The second-order valence-corrected chi connectivity index (χ2v) is 5.90. The molecule has 122 valence electrons. The van der Waals surface area contributed by atoms with Crippen molar-refractivity contribution in [2.24, 2.45) is 5.73 Å². The lowest BCUT2D eigenvalue weighted by atomic mass is 10.1. The van der Waals surface area contributed by atoms with E-state index in [4.69, 9.17) is 17.3 Å². The van der Waals surface area contributed by atoms with Crippen LogP contribution in [0.25, 0.3) is 0 Å². The third-order valence-corrected chi connectivity index (χ3v) is 3.95. The van der Waals surface area contributed by atoms with Gasteiger partial charge in [0.25, 0.3) is 5.91 Å². The Bertz CT molecular complexity index is 833. The maximum absolute atomic E-state index is 12.7. The fraction of sp³-hybridized carbons (Fsp3) is 0.118. The van der Waals surface area contributed by atoms with Gasteiger partial charge in [0, 0.05) is 17.1 Å². The molecule has 0 bridgehead atoms. The number of carbonyl (C=O) groups is 3. The van der Waals surface area contributed by atoms with Crippen molar-refractivity contribution >= 4 is 35.0 Å². The molecule has 6 nitrogen and oxygen atoms in total. The summed E-state index contributed by atoms with van der Waals surface area (Å²) in [5.74, 6) is -1.07. The highest BCUT2D eigenvalue weighted by molar-refractivity contribution is 6.31. The van der Waals surface area contributed by atoms with Crippen molar-refractivity contribution in [2.75, 3.05) is 11.9 Å². The van der Waals surface area contributed by atoms with Crippen molar-refractivity contribution in [2.45, 2.75) is 6.54 Å². The van der Waals surface area contributed by atoms with Crippen LogP contribution >= 0.6 is 11.6 Å². The molecule has 0 radical (unpaired) electrons. The van der Waals surface area contributed by atoms with E-state index in [1.54, 1.807) is 42.5 Å². The molecule has 7 heteroatoms. The summed E-state index contributed by atoms with van der Waals surface area (Å²) < 4.78 is 0. The monoisotopic (exact) mass is 343 g/mol. The van der Waals surface area contributed by atoms with Gasteiger partial charge in [-0.3, -0.25) is 14.4 Å². The van der Waals surface area contributed by atoms with Gasteiger partial charge in [-0.05, 0) is 35.9 Å². The zero-order valence-electron chi connectivity index (χ0n) is 12.6. The van der Waals surface area contributed by atoms with Crippen molar-refractivity contribution in [3.05, 3.63) is 64.2 Å². The van der Waals surface area contributed by atoms with Gasteiger partial charge in [-0.25, -0.2) is 0 Å². The molecule has 2 aromatic carbocycles. The minimum atomic E-state index is -0.516. The lowest BCUT2D eigenvalue weighted by Crippen LogP contribution is -2.34. The second-order valence-electron chi connectivity index (χ2n) is 5.46.